The molecule has 1 aromatic rings. The van der Waals surface area contributed by atoms with Gasteiger partial charge in [-0.3, -0.25) is 9.69 Å². The molecule has 1 amide bonds. The summed E-state index contributed by atoms with van der Waals surface area (Å²) in [6, 6.07) is 10.8. The fourth-order valence-electron chi connectivity index (χ4n) is 4.12. The van der Waals surface area contributed by atoms with E-state index in [4.69, 9.17) is 5.73 Å². The summed E-state index contributed by atoms with van der Waals surface area (Å²) in [7, 11) is 0. The second-order valence-electron chi connectivity index (χ2n) is 7.78. The maximum Gasteiger partial charge on any atom is 0.237 e. The standard InChI is InChI=1S/C20H31N3O.ClH/c1-14-8-10-17(11-9-14)22-20(24)15(2)23-12-18(19(21)13-23)16-6-4-3-5-7-16;/h3-7,14-15,17-19H,8-13,21H2,1-2H3,(H,22,24);1H/t14?,15?,17?,18-,19+;/m0./s1. The van der Waals surface area contributed by atoms with Gasteiger partial charge in [-0.05, 0) is 44.1 Å². The first-order valence-electron chi connectivity index (χ1n) is 9.39. The number of benzene rings is 1. The highest BCUT2D eigenvalue weighted by Crippen LogP contribution is 2.28. The van der Waals surface area contributed by atoms with Crippen LogP contribution in [0.3, 0.4) is 0 Å². The van der Waals surface area contributed by atoms with Gasteiger partial charge in [0.2, 0.25) is 5.91 Å². The van der Waals surface area contributed by atoms with Gasteiger partial charge in [-0.2, -0.15) is 0 Å². The Morgan fingerprint density at radius 2 is 1.80 bits per heavy atom. The molecule has 0 bridgehead atoms. The number of amides is 1. The quantitative estimate of drug-likeness (QED) is 0.862. The van der Waals surface area contributed by atoms with Crippen LogP contribution in [0.2, 0.25) is 0 Å². The number of hydrogen-bond acceptors (Lipinski definition) is 3. The van der Waals surface area contributed by atoms with Crippen molar-refractivity contribution in [3.63, 3.8) is 0 Å². The summed E-state index contributed by atoms with van der Waals surface area (Å²) in [5.74, 6) is 1.28. The van der Waals surface area contributed by atoms with Gasteiger partial charge in [-0.25, -0.2) is 0 Å². The number of hydrogen-bond donors (Lipinski definition) is 2. The van der Waals surface area contributed by atoms with Crippen LogP contribution in [-0.4, -0.2) is 42.0 Å². The lowest BCUT2D eigenvalue weighted by Gasteiger charge is -2.30. The smallest absolute Gasteiger partial charge is 0.237 e. The lowest BCUT2D eigenvalue weighted by Crippen LogP contribution is -2.48. The molecular formula is C20H32ClN3O. The maximum atomic E-state index is 12.6. The topological polar surface area (TPSA) is 58.4 Å². The van der Waals surface area contributed by atoms with Crippen LogP contribution in [-0.2, 0) is 4.79 Å². The monoisotopic (exact) mass is 365 g/mol. The zero-order valence-electron chi connectivity index (χ0n) is 15.4. The van der Waals surface area contributed by atoms with Gasteiger partial charge in [0.05, 0.1) is 6.04 Å². The number of carbonyl (C=O) groups excluding carboxylic acids is 1. The first-order chi connectivity index (χ1) is 11.5. The minimum atomic E-state index is -0.107. The van der Waals surface area contributed by atoms with Gasteiger partial charge in [0, 0.05) is 31.1 Å². The van der Waals surface area contributed by atoms with Gasteiger partial charge >= 0.3 is 0 Å². The molecule has 1 aliphatic carbocycles. The van der Waals surface area contributed by atoms with Gasteiger partial charge < -0.3 is 11.1 Å². The van der Waals surface area contributed by atoms with Gasteiger partial charge in [0.25, 0.3) is 0 Å². The molecule has 0 aromatic heterocycles. The van der Waals surface area contributed by atoms with Crippen LogP contribution in [0.1, 0.15) is 51.0 Å². The van der Waals surface area contributed by atoms with Crippen LogP contribution < -0.4 is 11.1 Å². The molecule has 1 aliphatic heterocycles. The highest BCUT2D eigenvalue weighted by atomic mass is 35.5. The number of halogens is 1. The largest absolute Gasteiger partial charge is 0.352 e. The number of rotatable bonds is 4. The number of carbonyl (C=O) groups is 1. The summed E-state index contributed by atoms with van der Waals surface area (Å²) in [6.45, 7) is 5.97. The van der Waals surface area contributed by atoms with Crippen molar-refractivity contribution in [3.05, 3.63) is 35.9 Å². The Kier molecular flexibility index (Phi) is 7.29. The molecule has 4 nitrogen and oxygen atoms in total. The number of likely N-dealkylation sites (tertiary alicyclic amines) is 1. The Hall–Kier alpha value is -1.10. The molecule has 2 aliphatic rings. The average Bonchev–Trinajstić information content (AvgIpc) is 2.99. The molecule has 5 heteroatoms. The number of nitrogens with one attached hydrogen (secondary N) is 1. The average molecular weight is 366 g/mol. The minimum absolute atomic E-state index is 0. The van der Waals surface area contributed by atoms with E-state index in [-0.39, 0.29) is 30.4 Å². The van der Waals surface area contributed by atoms with E-state index in [0.29, 0.717) is 12.0 Å². The van der Waals surface area contributed by atoms with Crippen molar-refractivity contribution in [2.45, 2.75) is 63.6 Å². The lowest BCUT2D eigenvalue weighted by atomic mass is 9.87. The van der Waals surface area contributed by atoms with Crippen molar-refractivity contribution < 1.29 is 4.79 Å². The van der Waals surface area contributed by atoms with Crippen LogP contribution >= 0.6 is 12.4 Å². The van der Waals surface area contributed by atoms with E-state index in [1.54, 1.807) is 0 Å². The molecule has 1 aromatic carbocycles. The van der Waals surface area contributed by atoms with Crippen LogP contribution in [0.5, 0.6) is 0 Å². The highest BCUT2D eigenvalue weighted by molar-refractivity contribution is 5.85. The first-order valence-corrected chi connectivity index (χ1v) is 9.39. The van der Waals surface area contributed by atoms with Gasteiger partial charge in [-0.1, -0.05) is 37.3 Å². The zero-order valence-corrected chi connectivity index (χ0v) is 16.2. The van der Waals surface area contributed by atoms with Gasteiger partial charge in [-0.15, -0.1) is 12.4 Å². The van der Waals surface area contributed by atoms with Crippen molar-refractivity contribution in [1.29, 1.82) is 0 Å². The molecule has 140 valence electrons. The third-order valence-electron chi connectivity index (χ3n) is 5.91. The molecule has 1 heterocycles. The first kappa shape index (κ1) is 20.2. The zero-order chi connectivity index (χ0) is 17.1. The molecule has 1 saturated carbocycles. The summed E-state index contributed by atoms with van der Waals surface area (Å²) in [6.07, 6.45) is 4.69. The fourth-order valence-corrected chi connectivity index (χ4v) is 4.12. The fraction of sp³-hybridized carbons (Fsp3) is 0.650. The summed E-state index contributed by atoms with van der Waals surface area (Å²) in [5.41, 5.74) is 7.64. The van der Waals surface area contributed by atoms with E-state index in [2.05, 4.69) is 41.4 Å². The van der Waals surface area contributed by atoms with Crippen molar-refractivity contribution in [2.75, 3.05) is 13.1 Å². The van der Waals surface area contributed by atoms with E-state index in [1.165, 1.54) is 18.4 Å². The third-order valence-corrected chi connectivity index (χ3v) is 5.91. The van der Waals surface area contributed by atoms with Crippen molar-refractivity contribution in [2.24, 2.45) is 11.7 Å². The molecule has 1 saturated heterocycles. The summed E-state index contributed by atoms with van der Waals surface area (Å²) in [5, 5.41) is 3.26. The third kappa shape index (κ3) is 4.96. The summed E-state index contributed by atoms with van der Waals surface area (Å²) < 4.78 is 0. The summed E-state index contributed by atoms with van der Waals surface area (Å²) >= 11 is 0. The Morgan fingerprint density at radius 1 is 1.16 bits per heavy atom. The SMILES string of the molecule is CC1CCC(NC(=O)C(C)N2C[C@@H](N)[C@H](c3ccccc3)C2)CC1.Cl. The summed E-state index contributed by atoms with van der Waals surface area (Å²) in [4.78, 5) is 14.9. The lowest BCUT2D eigenvalue weighted by molar-refractivity contribution is -0.126. The van der Waals surface area contributed by atoms with Crippen LogP contribution in [0, 0.1) is 5.92 Å². The maximum absolute atomic E-state index is 12.6. The van der Waals surface area contributed by atoms with E-state index < -0.39 is 0 Å². The predicted molar refractivity (Wildman–Crippen MR) is 105 cm³/mol. The number of nitrogens with two attached hydrogens (primary N) is 1. The van der Waals surface area contributed by atoms with Crippen LogP contribution in [0.15, 0.2) is 30.3 Å². The molecule has 25 heavy (non-hydrogen) atoms. The van der Waals surface area contributed by atoms with Crippen molar-refractivity contribution in [3.8, 4) is 0 Å². The van der Waals surface area contributed by atoms with E-state index in [0.717, 1.165) is 31.8 Å². The molecule has 1 unspecified atom stereocenters. The van der Waals surface area contributed by atoms with Gasteiger partial charge in [0.15, 0.2) is 0 Å². The second kappa shape index (κ2) is 9.02. The Morgan fingerprint density at radius 3 is 2.44 bits per heavy atom. The molecule has 0 spiro atoms. The van der Waals surface area contributed by atoms with E-state index in [1.807, 2.05) is 13.0 Å². The molecule has 3 N–H and O–H groups in total. The van der Waals surface area contributed by atoms with Crippen molar-refractivity contribution in [1.82, 2.24) is 10.2 Å². The number of nitrogens with zero attached hydrogens (tertiary/aromatic N) is 1. The molecule has 3 atom stereocenters. The Labute approximate surface area is 157 Å². The second-order valence-corrected chi connectivity index (χ2v) is 7.78. The highest BCUT2D eigenvalue weighted by Gasteiger charge is 2.36. The molecule has 3 rings (SSSR count). The molecule has 0 radical (unpaired) electrons. The Bertz CT molecular complexity index is 545. The molecular weight excluding hydrogens is 334 g/mol. The van der Waals surface area contributed by atoms with E-state index in [9.17, 15) is 4.79 Å². The van der Waals surface area contributed by atoms with Crippen LogP contribution in [0.4, 0.5) is 0 Å². The minimum Gasteiger partial charge on any atom is -0.352 e. The van der Waals surface area contributed by atoms with E-state index >= 15 is 0 Å². The predicted octanol–water partition coefficient (Wildman–Crippen LogP) is 2.92. The Balaban J connectivity index is 0.00000225. The normalized spacial score (nSPS) is 31.2. The van der Waals surface area contributed by atoms with Gasteiger partial charge in [0.1, 0.15) is 0 Å². The molecule has 2 fully saturated rings. The van der Waals surface area contributed by atoms with Crippen LogP contribution in [0.25, 0.3) is 0 Å². The van der Waals surface area contributed by atoms with Crippen molar-refractivity contribution >= 4 is 18.3 Å².